The van der Waals surface area contributed by atoms with Gasteiger partial charge in [-0.1, -0.05) is 30.7 Å². The van der Waals surface area contributed by atoms with Gasteiger partial charge in [0, 0.05) is 18.7 Å². The number of rotatable bonds is 5. The molecule has 3 N–H and O–H groups in total. The van der Waals surface area contributed by atoms with Crippen LogP contribution >= 0.6 is 0 Å². The minimum Gasteiger partial charge on any atom is -0.381 e. The molecule has 2 aromatic rings. The Bertz CT molecular complexity index is 552. The van der Waals surface area contributed by atoms with Crippen LogP contribution in [0.4, 0.5) is 5.69 Å². The Kier molecular flexibility index (Phi) is 4.47. The van der Waals surface area contributed by atoms with Gasteiger partial charge in [0.25, 0.3) is 0 Å². The Balaban J connectivity index is 2.33. The van der Waals surface area contributed by atoms with Crippen molar-refractivity contribution in [1.82, 2.24) is 9.97 Å². The number of nitrogens with zero attached hydrogens (tertiary/aromatic N) is 2. The predicted octanol–water partition coefficient (Wildman–Crippen LogP) is 2.39. The molecule has 100 valence electrons. The molecule has 1 aromatic carbocycles. The molecule has 0 saturated carbocycles. The number of aryl methyl sites for hydroxylation is 2. The van der Waals surface area contributed by atoms with Crippen LogP contribution in [0.25, 0.3) is 11.4 Å². The normalized spacial score (nSPS) is 10.5. The second-order valence-corrected chi connectivity index (χ2v) is 4.49. The minimum atomic E-state index is 0.600. The highest BCUT2D eigenvalue weighted by atomic mass is 15.0. The molecule has 0 aliphatic carbocycles. The summed E-state index contributed by atoms with van der Waals surface area (Å²) in [5.41, 5.74) is 9.77. The zero-order valence-electron chi connectivity index (χ0n) is 11.5. The first-order valence-electron chi connectivity index (χ1n) is 6.61. The molecular formula is C15H20N4. The van der Waals surface area contributed by atoms with Crippen molar-refractivity contribution in [2.75, 3.05) is 18.4 Å². The molecule has 2 rings (SSSR count). The SMILES string of the molecule is CCc1nc(-c2cccc(C)c2)ncc1NCCN. The van der Waals surface area contributed by atoms with Crippen LogP contribution in [0, 0.1) is 6.92 Å². The van der Waals surface area contributed by atoms with E-state index in [1.165, 1.54) is 5.56 Å². The van der Waals surface area contributed by atoms with E-state index >= 15 is 0 Å². The van der Waals surface area contributed by atoms with E-state index in [0.29, 0.717) is 6.54 Å². The lowest BCUT2D eigenvalue weighted by Crippen LogP contribution is -2.15. The van der Waals surface area contributed by atoms with Crippen LogP contribution in [0.5, 0.6) is 0 Å². The molecule has 0 radical (unpaired) electrons. The topological polar surface area (TPSA) is 63.8 Å². The summed E-state index contributed by atoms with van der Waals surface area (Å²) in [6.45, 7) is 5.50. The summed E-state index contributed by atoms with van der Waals surface area (Å²) in [6.07, 6.45) is 2.72. The van der Waals surface area contributed by atoms with Crippen molar-refractivity contribution in [2.24, 2.45) is 5.73 Å². The van der Waals surface area contributed by atoms with E-state index < -0.39 is 0 Å². The quantitative estimate of drug-likeness (QED) is 0.862. The standard InChI is InChI=1S/C15H20N4/c1-3-13-14(17-8-7-16)10-18-15(19-13)12-6-4-5-11(2)9-12/h4-6,9-10,17H,3,7-8,16H2,1-2H3. The maximum atomic E-state index is 5.50. The van der Waals surface area contributed by atoms with Crippen LogP contribution in [0.2, 0.25) is 0 Å². The molecule has 0 spiro atoms. The van der Waals surface area contributed by atoms with E-state index in [2.05, 4.69) is 41.3 Å². The monoisotopic (exact) mass is 256 g/mol. The third-order valence-corrected chi connectivity index (χ3v) is 2.94. The predicted molar refractivity (Wildman–Crippen MR) is 79.1 cm³/mol. The Morgan fingerprint density at radius 1 is 1.32 bits per heavy atom. The fourth-order valence-corrected chi connectivity index (χ4v) is 1.96. The summed E-state index contributed by atoms with van der Waals surface area (Å²) in [6, 6.07) is 8.23. The number of nitrogens with two attached hydrogens (primary N) is 1. The molecule has 0 saturated heterocycles. The third kappa shape index (κ3) is 3.29. The second-order valence-electron chi connectivity index (χ2n) is 4.49. The molecule has 1 aromatic heterocycles. The lowest BCUT2D eigenvalue weighted by atomic mass is 10.1. The summed E-state index contributed by atoms with van der Waals surface area (Å²) >= 11 is 0. The van der Waals surface area contributed by atoms with E-state index in [4.69, 9.17) is 5.73 Å². The van der Waals surface area contributed by atoms with Gasteiger partial charge < -0.3 is 11.1 Å². The van der Waals surface area contributed by atoms with E-state index in [9.17, 15) is 0 Å². The van der Waals surface area contributed by atoms with Gasteiger partial charge >= 0.3 is 0 Å². The van der Waals surface area contributed by atoms with Crippen molar-refractivity contribution in [3.8, 4) is 11.4 Å². The van der Waals surface area contributed by atoms with Gasteiger partial charge in [0.1, 0.15) is 0 Å². The first-order valence-corrected chi connectivity index (χ1v) is 6.61. The summed E-state index contributed by atoms with van der Waals surface area (Å²) in [5.74, 6) is 0.777. The largest absolute Gasteiger partial charge is 0.381 e. The van der Waals surface area contributed by atoms with Gasteiger partial charge in [-0.3, -0.25) is 0 Å². The highest BCUT2D eigenvalue weighted by molar-refractivity contribution is 5.59. The Morgan fingerprint density at radius 2 is 2.16 bits per heavy atom. The minimum absolute atomic E-state index is 0.600. The summed E-state index contributed by atoms with van der Waals surface area (Å²) < 4.78 is 0. The maximum Gasteiger partial charge on any atom is 0.159 e. The van der Waals surface area contributed by atoms with Crippen molar-refractivity contribution >= 4 is 5.69 Å². The van der Waals surface area contributed by atoms with E-state index in [1.807, 2.05) is 18.3 Å². The summed E-state index contributed by atoms with van der Waals surface area (Å²) in [5, 5.41) is 3.25. The van der Waals surface area contributed by atoms with Gasteiger partial charge in [-0.15, -0.1) is 0 Å². The van der Waals surface area contributed by atoms with Crippen molar-refractivity contribution in [3.05, 3.63) is 41.7 Å². The van der Waals surface area contributed by atoms with Crippen molar-refractivity contribution in [2.45, 2.75) is 20.3 Å². The number of hydrogen-bond acceptors (Lipinski definition) is 4. The van der Waals surface area contributed by atoms with Gasteiger partial charge in [0.05, 0.1) is 17.6 Å². The van der Waals surface area contributed by atoms with Crippen molar-refractivity contribution in [1.29, 1.82) is 0 Å². The smallest absolute Gasteiger partial charge is 0.159 e. The fraction of sp³-hybridized carbons (Fsp3) is 0.333. The number of hydrogen-bond donors (Lipinski definition) is 2. The highest BCUT2D eigenvalue weighted by Crippen LogP contribution is 2.20. The molecule has 19 heavy (non-hydrogen) atoms. The number of anilines is 1. The molecule has 4 heteroatoms. The van der Waals surface area contributed by atoms with Gasteiger partial charge in [-0.2, -0.15) is 0 Å². The first-order chi connectivity index (χ1) is 9.24. The van der Waals surface area contributed by atoms with Crippen LogP contribution in [-0.2, 0) is 6.42 Å². The average Bonchev–Trinajstić information content (AvgIpc) is 2.45. The highest BCUT2D eigenvalue weighted by Gasteiger charge is 2.07. The number of benzene rings is 1. The molecule has 1 heterocycles. The van der Waals surface area contributed by atoms with Crippen LogP contribution in [0.3, 0.4) is 0 Å². The molecule has 0 atom stereocenters. The van der Waals surface area contributed by atoms with Crippen LogP contribution < -0.4 is 11.1 Å². The average molecular weight is 256 g/mol. The number of nitrogens with one attached hydrogen (secondary N) is 1. The summed E-state index contributed by atoms with van der Waals surface area (Å²) in [7, 11) is 0. The van der Waals surface area contributed by atoms with Crippen LogP contribution in [0.1, 0.15) is 18.2 Å². The lowest BCUT2D eigenvalue weighted by Gasteiger charge is -2.10. The molecule has 4 nitrogen and oxygen atoms in total. The molecule has 0 unspecified atom stereocenters. The van der Waals surface area contributed by atoms with E-state index in [0.717, 1.165) is 35.7 Å². The number of aromatic nitrogens is 2. The Labute approximate surface area is 114 Å². The third-order valence-electron chi connectivity index (χ3n) is 2.94. The van der Waals surface area contributed by atoms with Crippen LogP contribution in [0.15, 0.2) is 30.5 Å². The molecular weight excluding hydrogens is 236 g/mol. The van der Waals surface area contributed by atoms with E-state index in [1.54, 1.807) is 0 Å². The molecule has 0 aliphatic rings. The molecule has 0 bridgehead atoms. The maximum absolute atomic E-state index is 5.50. The second kappa shape index (κ2) is 6.29. The Hall–Kier alpha value is -1.94. The molecule has 0 amide bonds. The van der Waals surface area contributed by atoms with E-state index in [-0.39, 0.29) is 0 Å². The van der Waals surface area contributed by atoms with Gasteiger partial charge in [0.15, 0.2) is 5.82 Å². The first kappa shape index (κ1) is 13.5. The molecule has 0 aliphatic heterocycles. The molecule has 0 fully saturated rings. The van der Waals surface area contributed by atoms with Crippen LogP contribution in [-0.4, -0.2) is 23.1 Å². The van der Waals surface area contributed by atoms with Gasteiger partial charge in [-0.05, 0) is 19.4 Å². The lowest BCUT2D eigenvalue weighted by molar-refractivity contribution is 0.971. The zero-order valence-corrected chi connectivity index (χ0v) is 11.5. The van der Waals surface area contributed by atoms with Crippen molar-refractivity contribution < 1.29 is 0 Å². The van der Waals surface area contributed by atoms with Gasteiger partial charge in [0.2, 0.25) is 0 Å². The Morgan fingerprint density at radius 3 is 2.84 bits per heavy atom. The van der Waals surface area contributed by atoms with Gasteiger partial charge in [-0.25, -0.2) is 9.97 Å². The van der Waals surface area contributed by atoms with Crippen molar-refractivity contribution in [3.63, 3.8) is 0 Å². The zero-order chi connectivity index (χ0) is 13.7. The summed E-state index contributed by atoms with van der Waals surface area (Å²) in [4.78, 5) is 9.08. The fourth-order valence-electron chi connectivity index (χ4n) is 1.96.